The second kappa shape index (κ2) is 10.7. The molecule has 0 radical (unpaired) electrons. The van der Waals surface area contributed by atoms with Crippen LogP contribution in [-0.2, 0) is 31.9 Å². The summed E-state index contributed by atoms with van der Waals surface area (Å²) < 4.78 is 3.62. The van der Waals surface area contributed by atoms with E-state index in [4.69, 9.17) is 4.98 Å². The molecule has 5 aromatic rings. The molecule has 0 fully saturated rings. The Balaban J connectivity index is 0.00000336. The molecule has 196 valence electrons. The van der Waals surface area contributed by atoms with Crippen molar-refractivity contribution < 1.29 is 21.1 Å². The van der Waals surface area contributed by atoms with Gasteiger partial charge >= 0.3 is 21.1 Å². The van der Waals surface area contributed by atoms with Crippen LogP contribution >= 0.6 is 0 Å². The van der Waals surface area contributed by atoms with Crippen LogP contribution in [0.3, 0.4) is 0 Å². The summed E-state index contributed by atoms with van der Waals surface area (Å²) in [5.41, 5.74) is 5.47. The second-order valence-electron chi connectivity index (χ2n) is 11.2. The van der Waals surface area contributed by atoms with E-state index in [0.717, 1.165) is 34.3 Å². The largest absolute Gasteiger partial charge is 2.00 e. The molecule has 2 aromatic carbocycles. The van der Waals surface area contributed by atoms with E-state index in [1.807, 2.05) is 70.3 Å². The molecule has 0 atom stereocenters. The fourth-order valence-corrected chi connectivity index (χ4v) is 4.07. The van der Waals surface area contributed by atoms with E-state index < -0.39 is 0 Å². The summed E-state index contributed by atoms with van der Waals surface area (Å²) in [7, 11) is 0. The number of anilines is 3. The van der Waals surface area contributed by atoms with Crippen LogP contribution in [0, 0.1) is 12.1 Å². The van der Waals surface area contributed by atoms with E-state index in [2.05, 4.69) is 80.9 Å². The van der Waals surface area contributed by atoms with E-state index in [1.165, 1.54) is 5.56 Å². The van der Waals surface area contributed by atoms with Gasteiger partial charge in [0.25, 0.3) is 0 Å². The van der Waals surface area contributed by atoms with Crippen LogP contribution in [0.15, 0.2) is 85.5 Å². The van der Waals surface area contributed by atoms with Crippen molar-refractivity contribution in [3.63, 3.8) is 0 Å². The van der Waals surface area contributed by atoms with Crippen molar-refractivity contribution in [2.75, 3.05) is 4.90 Å². The molecular formula is C31H32N6Pt. The molecule has 7 heteroatoms. The van der Waals surface area contributed by atoms with Crippen LogP contribution in [0.5, 0.6) is 0 Å². The van der Waals surface area contributed by atoms with Gasteiger partial charge in [-0.3, -0.25) is 9.36 Å². The average molecular weight is 684 g/mol. The third-order valence-electron chi connectivity index (χ3n) is 6.19. The monoisotopic (exact) mass is 683 g/mol. The van der Waals surface area contributed by atoms with E-state index in [0.29, 0.717) is 0 Å². The van der Waals surface area contributed by atoms with Crippen LogP contribution in [0.1, 0.15) is 52.8 Å². The molecule has 0 saturated heterocycles. The summed E-state index contributed by atoms with van der Waals surface area (Å²) in [6, 6.07) is 27.5. The summed E-state index contributed by atoms with van der Waals surface area (Å²) >= 11 is 0. The van der Waals surface area contributed by atoms with Crippen molar-refractivity contribution in [1.82, 2.24) is 24.5 Å². The minimum atomic E-state index is -0.122. The van der Waals surface area contributed by atoms with Gasteiger partial charge in [0, 0.05) is 35.9 Å². The molecule has 3 heterocycles. The fourth-order valence-electron chi connectivity index (χ4n) is 4.07. The quantitative estimate of drug-likeness (QED) is 0.185. The maximum absolute atomic E-state index is 5.20. The molecular weight excluding hydrogens is 651 g/mol. The van der Waals surface area contributed by atoms with Crippen LogP contribution in [-0.4, -0.2) is 24.5 Å². The van der Waals surface area contributed by atoms with Crippen molar-refractivity contribution in [2.24, 2.45) is 0 Å². The predicted octanol–water partition coefficient (Wildman–Crippen LogP) is 7.12. The Labute approximate surface area is 239 Å². The number of aromatic nitrogens is 5. The Morgan fingerprint density at radius 3 is 1.63 bits per heavy atom. The zero-order valence-corrected chi connectivity index (χ0v) is 24.9. The van der Waals surface area contributed by atoms with Gasteiger partial charge in [-0.25, -0.2) is 4.98 Å². The van der Waals surface area contributed by atoms with E-state index in [-0.39, 0.29) is 31.9 Å². The normalized spacial score (nSPS) is 11.7. The van der Waals surface area contributed by atoms with Gasteiger partial charge in [-0.1, -0.05) is 52.9 Å². The standard InChI is InChI=1S/C31H32N6.Pt/c1-30(2,3)23-19-28(31(4,5)6)34-29(20-23)37(26-13-7-11-24(21-26)35-17-9-15-32-35)27-14-8-12-25(22-27)36-18-10-16-33-36;/h7-20H,1-6H3;/q-2;+2. The average Bonchev–Trinajstić information content (AvgIpc) is 3.58. The van der Waals surface area contributed by atoms with Crippen LogP contribution in [0.4, 0.5) is 17.2 Å². The number of benzene rings is 2. The molecule has 38 heavy (non-hydrogen) atoms. The molecule has 0 amide bonds. The summed E-state index contributed by atoms with van der Waals surface area (Å²) in [6.45, 7) is 13.3. The molecule has 6 nitrogen and oxygen atoms in total. The minimum Gasteiger partial charge on any atom is -0.343 e. The molecule has 5 rings (SSSR count). The van der Waals surface area contributed by atoms with Crippen molar-refractivity contribution in [2.45, 2.75) is 52.4 Å². The van der Waals surface area contributed by atoms with E-state index in [9.17, 15) is 0 Å². The third kappa shape index (κ3) is 5.81. The molecule has 0 bridgehead atoms. The summed E-state index contributed by atoms with van der Waals surface area (Å²) in [5, 5.41) is 8.81. The minimum absolute atomic E-state index is 0. The van der Waals surface area contributed by atoms with Crippen molar-refractivity contribution in [3.8, 4) is 11.4 Å². The van der Waals surface area contributed by atoms with Crippen LogP contribution in [0.2, 0.25) is 0 Å². The first-order valence-corrected chi connectivity index (χ1v) is 12.5. The number of nitrogens with zero attached hydrogens (tertiary/aromatic N) is 6. The van der Waals surface area contributed by atoms with Crippen LogP contribution in [0.25, 0.3) is 11.4 Å². The Hall–Kier alpha value is -3.50. The molecule has 0 aliphatic heterocycles. The van der Waals surface area contributed by atoms with Gasteiger partial charge in [0.15, 0.2) is 0 Å². The third-order valence-corrected chi connectivity index (χ3v) is 6.19. The zero-order valence-electron chi connectivity index (χ0n) is 22.6. The van der Waals surface area contributed by atoms with Crippen molar-refractivity contribution >= 4 is 17.2 Å². The summed E-state index contributed by atoms with van der Waals surface area (Å²) in [6.07, 6.45) is 7.37. The topological polar surface area (TPSA) is 51.8 Å². The zero-order chi connectivity index (χ0) is 26.2. The first kappa shape index (κ1) is 27.5. The second-order valence-corrected chi connectivity index (χ2v) is 11.2. The first-order valence-electron chi connectivity index (χ1n) is 12.5. The van der Waals surface area contributed by atoms with Gasteiger partial charge in [-0.2, -0.15) is 22.3 Å². The molecule has 0 saturated carbocycles. The number of pyridine rings is 1. The Bertz CT molecular complexity index is 1380. The molecule has 3 aromatic heterocycles. The van der Waals surface area contributed by atoms with Crippen LogP contribution < -0.4 is 4.90 Å². The van der Waals surface area contributed by atoms with Gasteiger partial charge in [0.1, 0.15) is 5.82 Å². The van der Waals surface area contributed by atoms with Gasteiger partial charge in [0.2, 0.25) is 0 Å². The van der Waals surface area contributed by atoms with Gasteiger partial charge < -0.3 is 4.90 Å². The number of hydrogen-bond donors (Lipinski definition) is 0. The van der Waals surface area contributed by atoms with Crippen molar-refractivity contribution in [3.05, 3.63) is 109 Å². The predicted molar refractivity (Wildman–Crippen MR) is 148 cm³/mol. The number of rotatable bonds is 5. The van der Waals surface area contributed by atoms with Gasteiger partial charge in [-0.15, -0.1) is 36.4 Å². The summed E-state index contributed by atoms with van der Waals surface area (Å²) in [5.74, 6) is 0.820. The number of hydrogen-bond acceptors (Lipinski definition) is 4. The molecule has 0 N–H and O–H groups in total. The molecule has 0 unspecified atom stereocenters. The van der Waals surface area contributed by atoms with E-state index >= 15 is 0 Å². The van der Waals surface area contributed by atoms with Gasteiger partial charge in [-0.05, 0) is 46.6 Å². The molecule has 0 spiro atoms. The Morgan fingerprint density at radius 1 is 0.684 bits per heavy atom. The fraction of sp³-hybridized carbons (Fsp3) is 0.258. The smallest absolute Gasteiger partial charge is 0.343 e. The van der Waals surface area contributed by atoms with Crippen molar-refractivity contribution in [1.29, 1.82) is 0 Å². The Morgan fingerprint density at radius 2 is 1.21 bits per heavy atom. The maximum Gasteiger partial charge on any atom is 2.00 e. The molecule has 0 aliphatic rings. The first-order chi connectivity index (χ1) is 17.6. The maximum atomic E-state index is 5.20. The Kier molecular flexibility index (Phi) is 7.75. The summed E-state index contributed by atoms with van der Waals surface area (Å²) in [4.78, 5) is 7.31. The SMILES string of the molecule is CC(C)(C)c1cc(N(c2[c-]c(-n3cccn3)ccc2)c2[c-]c(-n3cccn3)ccc2)nc(C(C)(C)C)c1.[Pt+2]. The molecule has 0 aliphatic carbocycles. The van der Waals surface area contributed by atoms with Gasteiger partial charge in [0.05, 0.1) is 0 Å². The van der Waals surface area contributed by atoms with E-state index in [1.54, 1.807) is 12.4 Å².